The molecule has 1 fully saturated rings. The topological polar surface area (TPSA) is 106 Å². The Morgan fingerprint density at radius 3 is 2.37 bits per heavy atom. The molecule has 0 saturated carbocycles. The lowest BCUT2D eigenvalue weighted by molar-refractivity contribution is -0.162. The number of hydrogen-bond donors (Lipinski definition) is 2. The minimum Gasteiger partial charge on any atom is -0.332 e. The average molecular weight is 602 g/mol. The standard InChI is InChI=1S/C31H35F4N5O3/c1-18(37-25(31(33,34)35)19-10-12-20(32)13-11-19)26(41)39(5)24(15-29(2,3)4)27(42)40-17-30(14-21(40)16-36)22-8-6-7-9-23(22)38-28(30)43/h6-13,18,21,24-25,37H,14-15,17H2,1-5H3,(H,38,43)/t18-,21-,24-,25?,30-/m0/s1. The smallest absolute Gasteiger partial charge is 0.332 e. The van der Waals surface area contributed by atoms with Crippen LogP contribution in [0.3, 0.4) is 0 Å². The first-order chi connectivity index (χ1) is 20.0. The van der Waals surface area contributed by atoms with E-state index in [2.05, 4.69) is 16.7 Å². The molecule has 0 bridgehead atoms. The molecule has 1 spiro atoms. The molecule has 2 aromatic rings. The van der Waals surface area contributed by atoms with Gasteiger partial charge in [0.25, 0.3) is 0 Å². The number of alkyl halides is 3. The van der Waals surface area contributed by atoms with Gasteiger partial charge in [-0.25, -0.2) is 4.39 Å². The van der Waals surface area contributed by atoms with E-state index in [-0.39, 0.29) is 30.9 Å². The van der Waals surface area contributed by atoms with E-state index in [1.54, 1.807) is 24.3 Å². The fraction of sp³-hybridized carbons (Fsp3) is 0.484. The Bertz CT molecular complexity index is 1430. The number of nitriles is 1. The summed E-state index contributed by atoms with van der Waals surface area (Å²) < 4.78 is 55.4. The molecular weight excluding hydrogens is 566 g/mol. The van der Waals surface area contributed by atoms with Gasteiger partial charge in [0.2, 0.25) is 17.7 Å². The Morgan fingerprint density at radius 1 is 1.16 bits per heavy atom. The zero-order valence-corrected chi connectivity index (χ0v) is 24.6. The summed E-state index contributed by atoms with van der Waals surface area (Å²) in [5.74, 6) is -2.36. The monoisotopic (exact) mass is 601 g/mol. The van der Waals surface area contributed by atoms with Gasteiger partial charge in [0.15, 0.2) is 0 Å². The molecule has 2 aliphatic heterocycles. The highest BCUT2D eigenvalue weighted by atomic mass is 19.4. The van der Waals surface area contributed by atoms with E-state index >= 15 is 0 Å². The Balaban J connectivity index is 1.61. The number of halogens is 4. The van der Waals surface area contributed by atoms with Crippen molar-refractivity contribution in [2.24, 2.45) is 5.41 Å². The minimum atomic E-state index is -4.80. The molecule has 2 aromatic carbocycles. The fourth-order valence-corrected chi connectivity index (χ4v) is 5.96. The third-order valence-electron chi connectivity index (χ3n) is 8.14. The van der Waals surface area contributed by atoms with Gasteiger partial charge in [-0.15, -0.1) is 0 Å². The Labute approximate surface area is 248 Å². The summed E-state index contributed by atoms with van der Waals surface area (Å²) >= 11 is 0. The van der Waals surface area contributed by atoms with Crippen molar-refractivity contribution in [2.75, 3.05) is 18.9 Å². The first kappa shape index (κ1) is 31.9. The second-order valence-electron chi connectivity index (χ2n) is 12.5. The second kappa shape index (κ2) is 11.6. The van der Waals surface area contributed by atoms with Crippen LogP contribution in [0.1, 0.15) is 57.7 Å². The third kappa shape index (κ3) is 6.37. The Morgan fingerprint density at radius 2 is 1.79 bits per heavy atom. The van der Waals surface area contributed by atoms with Gasteiger partial charge in [0.05, 0.1) is 17.5 Å². The fourth-order valence-electron chi connectivity index (χ4n) is 5.96. The molecule has 12 heteroatoms. The Kier molecular flexibility index (Phi) is 8.62. The molecule has 3 amide bonds. The van der Waals surface area contributed by atoms with Crippen LogP contribution in [0.25, 0.3) is 0 Å². The third-order valence-corrected chi connectivity index (χ3v) is 8.14. The summed E-state index contributed by atoms with van der Waals surface area (Å²) in [6.07, 6.45) is -4.58. The van der Waals surface area contributed by atoms with Gasteiger partial charge in [0, 0.05) is 25.7 Å². The summed E-state index contributed by atoms with van der Waals surface area (Å²) in [5, 5.41) is 15.2. The maximum absolute atomic E-state index is 14.2. The molecule has 4 rings (SSSR count). The highest BCUT2D eigenvalue weighted by Gasteiger charge is 2.57. The van der Waals surface area contributed by atoms with Crippen LogP contribution in [0.2, 0.25) is 0 Å². The summed E-state index contributed by atoms with van der Waals surface area (Å²) in [6.45, 7) is 6.76. The van der Waals surface area contributed by atoms with Crippen LogP contribution in [0, 0.1) is 22.6 Å². The van der Waals surface area contributed by atoms with E-state index in [0.717, 1.165) is 29.2 Å². The number of anilines is 1. The number of nitrogens with one attached hydrogen (secondary N) is 2. The van der Waals surface area contributed by atoms with Crippen molar-refractivity contribution in [3.05, 3.63) is 65.5 Å². The van der Waals surface area contributed by atoms with Crippen LogP contribution in [-0.2, 0) is 19.8 Å². The number of nitrogens with zero attached hydrogens (tertiary/aromatic N) is 3. The number of carbonyl (C=O) groups excluding carboxylic acids is 3. The second-order valence-corrected chi connectivity index (χ2v) is 12.5. The zero-order chi connectivity index (χ0) is 31.9. The van der Waals surface area contributed by atoms with Gasteiger partial charge in [0.1, 0.15) is 23.9 Å². The number of carbonyl (C=O) groups is 3. The normalized spacial score (nSPS) is 22.0. The molecule has 0 aromatic heterocycles. The van der Waals surface area contributed by atoms with Crippen molar-refractivity contribution >= 4 is 23.4 Å². The molecule has 230 valence electrons. The lowest BCUT2D eigenvalue weighted by Gasteiger charge is -2.37. The molecular formula is C31H35F4N5O3. The molecule has 2 aliphatic rings. The lowest BCUT2D eigenvalue weighted by atomic mass is 9.80. The van der Waals surface area contributed by atoms with Crippen molar-refractivity contribution in [1.82, 2.24) is 15.1 Å². The molecule has 5 atom stereocenters. The Hall–Kier alpha value is -3.98. The van der Waals surface area contributed by atoms with E-state index in [1.807, 2.05) is 20.8 Å². The molecule has 0 radical (unpaired) electrons. The predicted octanol–water partition coefficient (Wildman–Crippen LogP) is 4.68. The number of benzene rings is 2. The maximum atomic E-state index is 14.2. The summed E-state index contributed by atoms with van der Waals surface area (Å²) in [6, 6.07) is 7.27. The lowest BCUT2D eigenvalue weighted by Crippen LogP contribution is -2.56. The van der Waals surface area contributed by atoms with Crippen LogP contribution >= 0.6 is 0 Å². The van der Waals surface area contributed by atoms with E-state index in [4.69, 9.17) is 0 Å². The van der Waals surface area contributed by atoms with E-state index < -0.39 is 58.8 Å². The van der Waals surface area contributed by atoms with Crippen LogP contribution in [0.15, 0.2) is 48.5 Å². The van der Waals surface area contributed by atoms with Crippen molar-refractivity contribution in [3.8, 4) is 6.07 Å². The number of likely N-dealkylation sites (tertiary alicyclic amines) is 1. The van der Waals surface area contributed by atoms with E-state index in [0.29, 0.717) is 11.3 Å². The molecule has 8 nitrogen and oxygen atoms in total. The van der Waals surface area contributed by atoms with Crippen LogP contribution < -0.4 is 10.6 Å². The number of hydrogen-bond acceptors (Lipinski definition) is 5. The average Bonchev–Trinajstić information content (AvgIpc) is 3.46. The van der Waals surface area contributed by atoms with Crippen LogP contribution in [0.4, 0.5) is 23.2 Å². The number of para-hydroxylation sites is 1. The van der Waals surface area contributed by atoms with Crippen molar-refractivity contribution < 1.29 is 31.9 Å². The van der Waals surface area contributed by atoms with E-state index in [9.17, 15) is 37.2 Å². The summed E-state index contributed by atoms with van der Waals surface area (Å²) in [4.78, 5) is 43.4. The van der Waals surface area contributed by atoms with Crippen LogP contribution in [-0.4, -0.2) is 65.4 Å². The van der Waals surface area contributed by atoms with Gasteiger partial charge in [-0.1, -0.05) is 51.1 Å². The van der Waals surface area contributed by atoms with Gasteiger partial charge < -0.3 is 15.1 Å². The highest BCUT2D eigenvalue weighted by Crippen LogP contribution is 2.46. The summed E-state index contributed by atoms with van der Waals surface area (Å²) in [7, 11) is 1.35. The van der Waals surface area contributed by atoms with Crippen molar-refractivity contribution in [3.63, 3.8) is 0 Å². The van der Waals surface area contributed by atoms with Gasteiger partial charge in [-0.2, -0.15) is 18.4 Å². The molecule has 43 heavy (non-hydrogen) atoms. The molecule has 2 heterocycles. The van der Waals surface area contributed by atoms with E-state index in [1.165, 1.54) is 18.9 Å². The number of fused-ring (bicyclic) bond motifs is 2. The molecule has 1 unspecified atom stereocenters. The van der Waals surface area contributed by atoms with Gasteiger partial charge in [-0.05, 0) is 48.1 Å². The van der Waals surface area contributed by atoms with Crippen molar-refractivity contribution in [1.29, 1.82) is 5.26 Å². The number of likely N-dealkylation sites (N-methyl/N-ethyl adjacent to an activating group) is 1. The summed E-state index contributed by atoms with van der Waals surface area (Å²) in [5.41, 5.74) is -0.606. The molecule has 2 N–H and O–H groups in total. The van der Waals surface area contributed by atoms with Gasteiger partial charge in [-0.3, -0.25) is 19.7 Å². The minimum absolute atomic E-state index is 0.0703. The SMILES string of the molecule is C[C@H](NC(c1ccc(F)cc1)C(F)(F)F)C(=O)N(C)[C@@H](CC(C)(C)C)C(=O)N1C[C@]2(C[C@H]1C#N)C(=O)Nc1ccccc12. The first-order valence-corrected chi connectivity index (χ1v) is 13.9. The highest BCUT2D eigenvalue weighted by molar-refractivity contribution is 6.07. The largest absolute Gasteiger partial charge is 0.407 e. The van der Waals surface area contributed by atoms with Crippen molar-refractivity contribution in [2.45, 2.75) is 76.3 Å². The van der Waals surface area contributed by atoms with Crippen LogP contribution in [0.5, 0.6) is 0 Å². The number of rotatable bonds is 7. The quantitative estimate of drug-likeness (QED) is 0.449. The predicted molar refractivity (Wildman–Crippen MR) is 151 cm³/mol. The maximum Gasteiger partial charge on any atom is 0.407 e. The van der Waals surface area contributed by atoms with Gasteiger partial charge >= 0.3 is 6.18 Å². The zero-order valence-electron chi connectivity index (χ0n) is 24.6. The molecule has 0 aliphatic carbocycles. The first-order valence-electron chi connectivity index (χ1n) is 13.9. The molecule has 1 saturated heterocycles. The number of amides is 3.